The number of hydrogen-bond acceptors (Lipinski definition) is 5. The van der Waals surface area contributed by atoms with Crippen LogP contribution in [0.4, 0.5) is 5.69 Å². The highest BCUT2D eigenvalue weighted by Gasteiger charge is 2.00. The molecule has 1 aromatic heterocycles. The number of allylic oxidation sites excluding steroid dienone is 1. The van der Waals surface area contributed by atoms with E-state index in [9.17, 15) is 4.79 Å². The Kier molecular flexibility index (Phi) is 5.51. The van der Waals surface area contributed by atoms with Crippen LogP contribution in [-0.2, 0) is 6.54 Å². The van der Waals surface area contributed by atoms with Crippen molar-refractivity contribution in [3.8, 4) is 0 Å². The quantitative estimate of drug-likeness (QED) is 0.506. The number of carboxylic acids is 1. The first kappa shape index (κ1) is 17.1. The molecular formula is C19H17N5O2. The maximum Gasteiger partial charge on any atom is 0.335 e. The van der Waals surface area contributed by atoms with Gasteiger partial charge in [-0.1, -0.05) is 35.5 Å². The van der Waals surface area contributed by atoms with Crippen LogP contribution in [-0.4, -0.2) is 32.3 Å². The molecule has 1 heterocycles. The zero-order chi connectivity index (χ0) is 18.2. The molecule has 0 aliphatic rings. The molecule has 0 bridgehead atoms. The standard InChI is InChI=1S/C19H17N5O2/c25-19(26)16-8-10-17(11-9-16)21-20-12-4-7-18-14-24(23-22-18)13-15-5-2-1-3-6-15/h1-12,14,21H,13H2,(H,25,26)/b7-4+,20-12-. The van der Waals surface area contributed by atoms with Crippen molar-refractivity contribution in [3.05, 3.63) is 83.7 Å². The van der Waals surface area contributed by atoms with Crippen LogP contribution in [0.3, 0.4) is 0 Å². The number of nitrogens with zero attached hydrogens (tertiary/aromatic N) is 4. The molecule has 3 aromatic rings. The van der Waals surface area contributed by atoms with E-state index in [0.717, 1.165) is 11.3 Å². The number of carbonyl (C=O) groups is 1. The van der Waals surface area contributed by atoms with Crippen molar-refractivity contribution in [3.63, 3.8) is 0 Å². The minimum absolute atomic E-state index is 0.234. The van der Waals surface area contributed by atoms with Crippen LogP contribution in [0.5, 0.6) is 0 Å². The smallest absolute Gasteiger partial charge is 0.335 e. The predicted octanol–water partition coefficient (Wildman–Crippen LogP) is 3.14. The summed E-state index contributed by atoms with van der Waals surface area (Å²) in [5.41, 5.74) is 5.65. The fraction of sp³-hybridized carbons (Fsp3) is 0.0526. The van der Waals surface area contributed by atoms with Gasteiger partial charge < -0.3 is 5.11 Å². The van der Waals surface area contributed by atoms with Crippen molar-refractivity contribution >= 4 is 23.9 Å². The summed E-state index contributed by atoms with van der Waals surface area (Å²) in [6.45, 7) is 0.670. The van der Waals surface area contributed by atoms with Gasteiger partial charge >= 0.3 is 5.97 Å². The molecule has 0 aliphatic heterocycles. The largest absolute Gasteiger partial charge is 0.478 e. The number of benzene rings is 2. The molecule has 0 unspecified atom stereocenters. The van der Waals surface area contributed by atoms with Crippen molar-refractivity contribution < 1.29 is 9.90 Å². The summed E-state index contributed by atoms with van der Waals surface area (Å²) in [6.07, 6.45) is 6.99. The molecule has 0 radical (unpaired) electrons. The minimum Gasteiger partial charge on any atom is -0.478 e. The van der Waals surface area contributed by atoms with Crippen molar-refractivity contribution in [1.29, 1.82) is 0 Å². The van der Waals surface area contributed by atoms with Gasteiger partial charge in [0, 0.05) is 6.21 Å². The summed E-state index contributed by atoms with van der Waals surface area (Å²) in [5, 5.41) is 21.1. The van der Waals surface area contributed by atoms with E-state index in [4.69, 9.17) is 5.11 Å². The van der Waals surface area contributed by atoms with Gasteiger partial charge in [0.1, 0.15) is 5.69 Å². The second-order valence-corrected chi connectivity index (χ2v) is 5.46. The van der Waals surface area contributed by atoms with Gasteiger partial charge in [-0.25, -0.2) is 9.48 Å². The number of aromatic nitrogens is 3. The van der Waals surface area contributed by atoms with Crippen LogP contribution < -0.4 is 5.43 Å². The summed E-state index contributed by atoms with van der Waals surface area (Å²) in [5.74, 6) is -0.955. The van der Waals surface area contributed by atoms with Gasteiger partial charge in [0.05, 0.1) is 24.0 Å². The molecule has 0 saturated carbocycles. The SMILES string of the molecule is O=C(O)c1ccc(N/N=C\C=C\c2cn(Cc3ccccc3)nn2)cc1. The Morgan fingerprint density at radius 1 is 1.15 bits per heavy atom. The van der Waals surface area contributed by atoms with E-state index < -0.39 is 5.97 Å². The van der Waals surface area contributed by atoms with E-state index in [1.54, 1.807) is 35.2 Å². The summed E-state index contributed by atoms with van der Waals surface area (Å²) in [7, 11) is 0. The maximum atomic E-state index is 10.8. The van der Waals surface area contributed by atoms with E-state index in [1.807, 2.05) is 36.5 Å². The van der Waals surface area contributed by atoms with Crippen molar-refractivity contribution in [2.45, 2.75) is 6.54 Å². The second kappa shape index (κ2) is 8.39. The van der Waals surface area contributed by atoms with Crippen LogP contribution >= 0.6 is 0 Å². The lowest BCUT2D eigenvalue weighted by Crippen LogP contribution is -1.99. The molecular weight excluding hydrogens is 330 g/mol. The number of rotatable bonds is 7. The molecule has 7 heteroatoms. The summed E-state index contributed by atoms with van der Waals surface area (Å²) < 4.78 is 1.77. The first-order valence-corrected chi connectivity index (χ1v) is 7.94. The first-order valence-electron chi connectivity index (χ1n) is 7.94. The molecule has 0 saturated heterocycles. The highest BCUT2D eigenvalue weighted by atomic mass is 16.4. The molecule has 0 aliphatic carbocycles. The molecule has 3 rings (SSSR count). The monoisotopic (exact) mass is 347 g/mol. The molecule has 0 spiro atoms. The normalized spacial score (nSPS) is 11.2. The average molecular weight is 347 g/mol. The molecule has 0 amide bonds. The third-order valence-electron chi connectivity index (χ3n) is 3.50. The van der Waals surface area contributed by atoms with Gasteiger partial charge in [-0.3, -0.25) is 5.43 Å². The molecule has 0 fully saturated rings. The van der Waals surface area contributed by atoms with Crippen molar-refractivity contribution in [1.82, 2.24) is 15.0 Å². The number of aromatic carboxylic acids is 1. The van der Waals surface area contributed by atoms with Crippen LogP contribution in [0.25, 0.3) is 6.08 Å². The van der Waals surface area contributed by atoms with Gasteiger partial charge in [0.2, 0.25) is 0 Å². The zero-order valence-electron chi connectivity index (χ0n) is 13.9. The first-order chi connectivity index (χ1) is 12.7. The van der Waals surface area contributed by atoms with Gasteiger partial charge in [-0.05, 0) is 42.0 Å². The Morgan fingerprint density at radius 3 is 2.65 bits per heavy atom. The fourth-order valence-corrected chi connectivity index (χ4v) is 2.22. The maximum absolute atomic E-state index is 10.8. The van der Waals surface area contributed by atoms with Crippen molar-refractivity contribution in [2.24, 2.45) is 5.10 Å². The number of carboxylic acid groups (broad SMARTS) is 1. The Labute approximate surface area is 150 Å². The third kappa shape index (κ3) is 4.88. The van der Waals surface area contributed by atoms with Gasteiger partial charge in [0.15, 0.2) is 0 Å². The lowest BCUT2D eigenvalue weighted by molar-refractivity contribution is 0.0697. The highest BCUT2D eigenvalue weighted by molar-refractivity contribution is 5.88. The topological polar surface area (TPSA) is 92.4 Å². The Morgan fingerprint density at radius 2 is 1.92 bits per heavy atom. The Balaban J connectivity index is 1.50. The number of nitrogens with one attached hydrogen (secondary N) is 1. The lowest BCUT2D eigenvalue weighted by atomic mass is 10.2. The molecule has 2 N–H and O–H groups in total. The number of hydrazone groups is 1. The third-order valence-corrected chi connectivity index (χ3v) is 3.50. The zero-order valence-corrected chi connectivity index (χ0v) is 13.9. The van der Waals surface area contributed by atoms with Gasteiger partial charge in [-0.2, -0.15) is 5.10 Å². The van der Waals surface area contributed by atoms with E-state index >= 15 is 0 Å². The predicted molar refractivity (Wildman–Crippen MR) is 100 cm³/mol. The van der Waals surface area contributed by atoms with Gasteiger partial charge in [0.25, 0.3) is 0 Å². The second-order valence-electron chi connectivity index (χ2n) is 5.46. The van der Waals surface area contributed by atoms with Gasteiger partial charge in [-0.15, -0.1) is 5.10 Å². The molecule has 2 aromatic carbocycles. The number of hydrogen-bond donors (Lipinski definition) is 2. The Hall–Kier alpha value is -3.74. The molecule has 0 atom stereocenters. The number of anilines is 1. The minimum atomic E-state index is -0.955. The summed E-state index contributed by atoms with van der Waals surface area (Å²) >= 11 is 0. The molecule has 130 valence electrons. The van der Waals surface area contributed by atoms with E-state index in [0.29, 0.717) is 12.2 Å². The summed E-state index contributed by atoms with van der Waals surface area (Å²) in [4.78, 5) is 10.8. The van der Waals surface area contributed by atoms with Crippen LogP contribution in [0, 0.1) is 0 Å². The van der Waals surface area contributed by atoms with E-state index in [1.165, 1.54) is 12.1 Å². The lowest BCUT2D eigenvalue weighted by Gasteiger charge is -1.99. The highest BCUT2D eigenvalue weighted by Crippen LogP contribution is 2.09. The molecule has 7 nitrogen and oxygen atoms in total. The van der Waals surface area contributed by atoms with E-state index in [-0.39, 0.29) is 5.56 Å². The van der Waals surface area contributed by atoms with Crippen LogP contribution in [0.1, 0.15) is 21.6 Å². The molecule has 26 heavy (non-hydrogen) atoms. The average Bonchev–Trinajstić information content (AvgIpc) is 3.10. The summed E-state index contributed by atoms with van der Waals surface area (Å²) in [6, 6.07) is 16.4. The van der Waals surface area contributed by atoms with Crippen molar-refractivity contribution in [2.75, 3.05) is 5.43 Å². The van der Waals surface area contributed by atoms with Crippen LogP contribution in [0.2, 0.25) is 0 Å². The van der Waals surface area contributed by atoms with Crippen LogP contribution in [0.15, 0.2) is 72.0 Å². The fourth-order valence-electron chi connectivity index (χ4n) is 2.22. The van der Waals surface area contributed by atoms with E-state index in [2.05, 4.69) is 20.8 Å². The Bertz CT molecular complexity index is 915.